The SMILES string of the molecule is CNc1ncc(C(=O)NN2CCN(C)CC2)cc1Cl. The fourth-order valence-corrected chi connectivity index (χ4v) is 2.13. The van der Waals surface area contributed by atoms with Gasteiger partial charge in [0, 0.05) is 39.4 Å². The molecule has 2 heterocycles. The number of hydrogen-bond acceptors (Lipinski definition) is 5. The van der Waals surface area contributed by atoms with Gasteiger partial charge in [-0.25, -0.2) is 9.99 Å². The van der Waals surface area contributed by atoms with Gasteiger partial charge in [-0.05, 0) is 13.1 Å². The molecule has 1 amide bonds. The summed E-state index contributed by atoms with van der Waals surface area (Å²) in [7, 11) is 3.80. The normalized spacial score (nSPS) is 17.2. The van der Waals surface area contributed by atoms with Crippen LogP contribution in [0.4, 0.5) is 5.82 Å². The fourth-order valence-electron chi connectivity index (χ4n) is 1.87. The number of amides is 1. The number of aromatic nitrogens is 1. The van der Waals surface area contributed by atoms with Gasteiger partial charge in [0.2, 0.25) is 0 Å². The number of anilines is 1. The van der Waals surface area contributed by atoms with Gasteiger partial charge in [0.05, 0.1) is 10.6 Å². The van der Waals surface area contributed by atoms with Crippen LogP contribution in [0.3, 0.4) is 0 Å². The molecule has 6 nitrogen and oxygen atoms in total. The number of nitrogens with one attached hydrogen (secondary N) is 2. The number of pyridine rings is 1. The Balaban J connectivity index is 1.98. The van der Waals surface area contributed by atoms with Gasteiger partial charge in [-0.2, -0.15) is 0 Å². The molecule has 2 N–H and O–H groups in total. The number of nitrogens with zero attached hydrogens (tertiary/aromatic N) is 3. The van der Waals surface area contributed by atoms with Crippen molar-refractivity contribution in [2.24, 2.45) is 0 Å². The Morgan fingerprint density at radius 1 is 1.37 bits per heavy atom. The zero-order valence-electron chi connectivity index (χ0n) is 11.1. The molecule has 1 aromatic rings. The molecule has 19 heavy (non-hydrogen) atoms. The first-order valence-electron chi connectivity index (χ1n) is 6.18. The summed E-state index contributed by atoms with van der Waals surface area (Å²) in [6.07, 6.45) is 1.52. The van der Waals surface area contributed by atoms with Crippen molar-refractivity contribution >= 4 is 23.3 Å². The van der Waals surface area contributed by atoms with Crippen LogP contribution in [0.2, 0.25) is 5.02 Å². The second-order valence-electron chi connectivity index (χ2n) is 4.54. The summed E-state index contributed by atoms with van der Waals surface area (Å²) in [5.41, 5.74) is 3.33. The maximum atomic E-state index is 12.1. The van der Waals surface area contributed by atoms with E-state index < -0.39 is 0 Å². The molecule has 0 aliphatic carbocycles. The van der Waals surface area contributed by atoms with Gasteiger partial charge < -0.3 is 10.2 Å². The minimum absolute atomic E-state index is 0.179. The minimum atomic E-state index is -0.179. The van der Waals surface area contributed by atoms with E-state index in [4.69, 9.17) is 11.6 Å². The molecule has 1 aliphatic heterocycles. The highest BCUT2D eigenvalue weighted by Gasteiger charge is 2.17. The smallest absolute Gasteiger partial charge is 0.267 e. The third-order valence-electron chi connectivity index (χ3n) is 3.10. The van der Waals surface area contributed by atoms with Crippen molar-refractivity contribution in [2.45, 2.75) is 0 Å². The van der Waals surface area contributed by atoms with Crippen LogP contribution in [0.15, 0.2) is 12.3 Å². The summed E-state index contributed by atoms with van der Waals surface area (Å²) in [6, 6.07) is 1.62. The van der Waals surface area contributed by atoms with E-state index in [1.165, 1.54) is 6.20 Å². The molecular formula is C12H18ClN5O. The fraction of sp³-hybridized carbons (Fsp3) is 0.500. The quantitative estimate of drug-likeness (QED) is 0.854. The van der Waals surface area contributed by atoms with Gasteiger partial charge in [0.1, 0.15) is 5.82 Å². The van der Waals surface area contributed by atoms with E-state index in [0.717, 1.165) is 26.2 Å². The van der Waals surface area contributed by atoms with Crippen LogP contribution in [0, 0.1) is 0 Å². The second kappa shape index (κ2) is 6.18. The van der Waals surface area contributed by atoms with Crippen molar-refractivity contribution in [1.29, 1.82) is 0 Å². The van der Waals surface area contributed by atoms with Crippen molar-refractivity contribution in [3.05, 3.63) is 22.8 Å². The van der Waals surface area contributed by atoms with E-state index in [0.29, 0.717) is 16.4 Å². The van der Waals surface area contributed by atoms with Crippen molar-refractivity contribution < 1.29 is 4.79 Å². The summed E-state index contributed by atoms with van der Waals surface area (Å²) in [6.45, 7) is 3.52. The Bertz CT molecular complexity index is 459. The molecule has 104 valence electrons. The van der Waals surface area contributed by atoms with E-state index in [2.05, 4.69) is 27.7 Å². The molecule has 1 fully saturated rings. The third-order valence-corrected chi connectivity index (χ3v) is 3.39. The highest BCUT2D eigenvalue weighted by Crippen LogP contribution is 2.19. The van der Waals surface area contributed by atoms with Gasteiger partial charge in [-0.1, -0.05) is 11.6 Å². The highest BCUT2D eigenvalue weighted by molar-refractivity contribution is 6.33. The van der Waals surface area contributed by atoms with Gasteiger partial charge in [-0.3, -0.25) is 10.2 Å². The zero-order chi connectivity index (χ0) is 13.8. The van der Waals surface area contributed by atoms with E-state index >= 15 is 0 Å². The molecule has 0 aromatic carbocycles. The molecule has 0 spiro atoms. The Morgan fingerprint density at radius 3 is 2.63 bits per heavy atom. The summed E-state index contributed by atoms with van der Waals surface area (Å²) in [4.78, 5) is 18.4. The van der Waals surface area contributed by atoms with Crippen molar-refractivity contribution in [1.82, 2.24) is 20.3 Å². The van der Waals surface area contributed by atoms with Gasteiger partial charge in [-0.15, -0.1) is 0 Å². The number of hydrazine groups is 1. The van der Waals surface area contributed by atoms with Gasteiger partial charge in [0.15, 0.2) is 0 Å². The standard InChI is InChI=1S/C12H18ClN5O/c1-14-11-10(13)7-9(8-15-11)12(19)16-18-5-3-17(2)4-6-18/h7-8H,3-6H2,1-2H3,(H,14,15)(H,16,19). The first kappa shape index (κ1) is 14.0. The number of hydrogen-bond donors (Lipinski definition) is 2. The van der Waals surface area contributed by atoms with Crippen molar-refractivity contribution in [3.8, 4) is 0 Å². The van der Waals surface area contributed by atoms with E-state index in [9.17, 15) is 4.79 Å². The summed E-state index contributed by atoms with van der Waals surface area (Å²) in [5, 5.41) is 5.21. The lowest BCUT2D eigenvalue weighted by Crippen LogP contribution is -2.52. The number of likely N-dealkylation sites (N-methyl/N-ethyl adjacent to an activating group) is 1. The number of carbonyl (C=O) groups is 1. The van der Waals surface area contributed by atoms with Crippen LogP contribution >= 0.6 is 11.6 Å². The molecule has 1 saturated heterocycles. The Hall–Kier alpha value is -1.37. The van der Waals surface area contributed by atoms with Gasteiger partial charge in [0.25, 0.3) is 5.91 Å². The van der Waals surface area contributed by atoms with E-state index in [-0.39, 0.29) is 5.91 Å². The molecule has 0 bridgehead atoms. The third kappa shape index (κ3) is 3.56. The topological polar surface area (TPSA) is 60.5 Å². The van der Waals surface area contributed by atoms with Crippen LogP contribution in [0.25, 0.3) is 0 Å². The molecule has 0 saturated carbocycles. The molecule has 0 radical (unpaired) electrons. The van der Waals surface area contributed by atoms with Crippen LogP contribution in [-0.2, 0) is 0 Å². The van der Waals surface area contributed by atoms with Crippen LogP contribution in [-0.4, -0.2) is 61.1 Å². The maximum absolute atomic E-state index is 12.1. The largest absolute Gasteiger partial charge is 0.372 e. The van der Waals surface area contributed by atoms with Crippen molar-refractivity contribution in [3.63, 3.8) is 0 Å². The van der Waals surface area contributed by atoms with Crippen LogP contribution in [0.1, 0.15) is 10.4 Å². The number of halogens is 1. The lowest BCUT2D eigenvalue weighted by atomic mass is 10.2. The summed E-state index contributed by atoms with van der Waals surface area (Å²) >= 11 is 6.01. The monoisotopic (exact) mass is 283 g/mol. The van der Waals surface area contributed by atoms with E-state index in [1.807, 2.05) is 5.01 Å². The lowest BCUT2D eigenvalue weighted by molar-refractivity contribution is 0.0662. The molecule has 7 heteroatoms. The van der Waals surface area contributed by atoms with E-state index in [1.54, 1.807) is 13.1 Å². The average molecular weight is 284 g/mol. The highest BCUT2D eigenvalue weighted by atomic mass is 35.5. The lowest BCUT2D eigenvalue weighted by Gasteiger charge is -2.32. The maximum Gasteiger partial charge on any atom is 0.267 e. The van der Waals surface area contributed by atoms with Crippen LogP contribution < -0.4 is 10.7 Å². The second-order valence-corrected chi connectivity index (χ2v) is 4.94. The predicted molar refractivity (Wildman–Crippen MR) is 75.3 cm³/mol. The average Bonchev–Trinajstić information content (AvgIpc) is 2.41. The molecule has 0 unspecified atom stereocenters. The zero-order valence-corrected chi connectivity index (χ0v) is 11.9. The molecule has 2 rings (SSSR count). The molecule has 1 aliphatic rings. The first-order chi connectivity index (χ1) is 9.10. The van der Waals surface area contributed by atoms with Crippen LogP contribution in [0.5, 0.6) is 0 Å². The number of piperazine rings is 1. The summed E-state index contributed by atoms with van der Waals surface area (Å²) < 4.78 is 0. The molecule has 1 aromatic heterocycles. The Morgan fingerprint density at radius 2 is 2.05 bits per heavy atom. The predicted octanol–water partition coefficient (Wildman–Crippen LogP) is 0.669. The Labute approximate surface area is 117 Å². The molecule has 0 atom stereocenters. The molecular weight excluding hydrogens is 266 g/mol. The number of rotatable bonds is 3. The number of carbonyl (C=O) groups excluding carboxylic acids is 1. The first-order valence-corrected chi connectivity index (χ1v) is 6.55. The summed E-state index contributed by atoms with van der Waals surface area (Å²) in [5.74, 6) is 0.388. The Kier molecular flexibility index (Phi) is 4.57. The van der Waals surface area contributed by atoms with Crippen molar-refractivity contribution in [2.75, 3.05) is 45.6 Å². The minimum Gasteiger partial charge on any atom is -0.372 e. The van der Waals surface area contributed by atoms with Gasteiger partial charge >= 0.3 is 0 Å².